The summed E-state index contributed by atoms with van der Waals surface area (Å²) in [5.74, 6) is -4.55. The Morgan fingerprint density at radius 2 is 1.50 bits per heavy atom. The van der Waals surface area contributed by atoms with E-state index < -0.39 is 77.2 Å². The van der Waals surface area contributed by atoms with Crippen LogP contribution in [0.5, 0.6) is 0 Å². The number of nitrogens with zero attached hydrogens (tertiary/aromatic N) is 2. The van der Waals surface area contributed by atoms with Crippen molar-refractivity contribution in [2.24, 2.45) is 0 Å². The van der Waals surface area contributed by atoms with Gasteiger partial charge in [-0.3, -0.25) is 4.79 Å². The highest BCUT2D eigenvalue weighted by atomic mass is 19.4. The molecule has 0 bridgehead atoms. The van der Waals surface area contributed by atoms with Crippen LogP contribution in [-0.2, 0) is 17.1 Å². The number of carbonyl (C=O) groups is 2. The molecule has 0 N–H and O–H groups in total. The van der Waals surface area contributed by atoms with E-state index in [1.165, 1.54) is 6.07 Å². The molecular weight excluding hydrogens is 566 g/mol. The second-order valence-corrected chi connectivity index (χ2v) is 9.54. The number of benzene rings is 2. The fraction of sp³-hybridized carbons (Fsp3) is 0.440. The second-order valence-electron chi connectivity index (χ2n) is 9.54. The van der Waals surface area contributed by atoms with E-state index in [9.17, 15) is 53.5 Å². The lowest BCUT2D eigenvalue weighted by molar-refractivity contribution is -0.143. The summed E-state index contributed by atoms with van der Waals surface area (Å²) in [6.07, 6.45) is -14.8. The number of ether oxygens (including phenoxy) is 1. The summed E-state index contributed by atoms with van der Waals surface area (Å²) in [7, 11) is 0. The van der Waals surface area contributed by atoms with Gasteiger partial charge in [0, 0.05) is 44.0 Å². The van der Waals surface area contributed by atoms with E-state index in [1.807, 2.05) is 0 Å². The zero-order chi connectivity index (χ0) is 29.6. The van der Waals surface area contributed by atoms with Gasteiger partial charge in [0.1, 0.15) is 5.60 Å². The highest BCUT2D eigenvalue weighted by molar-refractivity contribution is 5.94. The molecule has 2 heterocycles. The zero-order valence-electron chi connectivity index (χ0n) is 20.3. The Morgan fingerprint density at radius 1 is 0.925 bits per heavy atom. The Balaban J connectivity index is 1.62. The van der Waals surface area contributed by atoms with Gasteiger partial charge < -0.3 is 14.5 Å². The highest BCUT2D eigenvalue weighted by Gasteiger charge is 2.51. The SMILES string of the molecule is O=C1OC2(CCN(C(=O)c3cc(C(F)(F)F)cc(C(F)(F)F)c3)CC2)[C@@H](c2ccc(F)c(F)c2)CN1CC(F)F. The molecule has 15 heteroatoms. The van der Waals surface area contributed by atoms with Gasteiger partial charge >= 0.3 is 18.4 Å². The van der Waals surface area contributed by atoms with Crippen LogP contribution in [0.2, 0.25) is 0 Å². The number of hydrogen-bond donors (Lipinski definition) is 0. The van der Waals surface area contributed by atoms with Gasteiger partial charge in [-0.05, 0) is 35.9 Å². The molecule has 2 aromatic rings. The van der Waals surface area contributed by atoms with E-state index in [0.29, 0.717) is 17.0 Å². The van der Waals surface area contributed by atoms with Crippen molar-refractivity contribution in [1.29, 1.82) is 0 Å². The molecule has 40 heavy (non-hydrogen) atoms. The summed E-state index contributed by atoms with van der Waals surface area (Å²) >= 11 is 0. The number of carbonyl (C=O) groups excluding carboxylic acids is 2. The van der Waals surface area contributed by atoms with Crippen molar-refractivity contribution >= 4 is 12.0 Å². The van der Waals surface area contributed by atoms with Crippen molar-refractivity contribution in [3.05, 3.63) is 70.3 Å². The van der Waals surface area contributed by atoms with E-state index in [2.05, 4.69) is 0 Å². The van der Waals surface area contributed by atoms with E-state index >= 15 is 0 Å². The monoisotopic (exact) mass is 586 g/mol. The molecule has 0 aliphatic carbocycles. The molecule has 0 aromatic heterocycles. The molecule has 4 rings (SSSR count). The number of rotatable bonds is 4. The Bertz CT molecular complexity index is 1250. The van der Waals surface area contributed by atoms with Crippen LogP contribution >= 0.6 is 0 Å². The summed E-state index contributed by atoms with van der Waals surface area (Å²) in [6.45, 7) is -1.99. The third-order valence-corrected chi connectivity index (χ3v) is 7.02. The second kappa shape index (κ2) is 10.5. The Kier molecular flexibility index (Phi) is 7.71. The van der Waals surface area contributed by atoms with Gasteiger partial charge in [0.2, 0.25) is 0 Å². The van der Waals surface area contributed by atoms with Gasteiger partial charge in [-0.15, -0.1) is 0 Å². The van der Waals surface area contributed by atoms with E-state index in [1.54, 1.807) is 0 Å². The highest BCUT2D eigenvalue weighted by Crippen LogP contribution is 2.45. The first-order valence-corrected chi connectivity index (χ1v) is 11.8. The number of piperidine rings is 1. The molecule has 0 radical (unpaired) electrons. The van der Waals surface area contributed by atoms with Crippen molar-refractivity contribution in [2.75, 3.05) is 26.2 Å². The summed E-state index contributed by atoms with van der Waals surface area (Å²) in [5.41, 5.74) is -5.59. The third-order valence-electron chi connectivity index (χ3n) is 7.02. The average molecular weight is 586 g/mol. The fourth-order valence-electron chi connectivity index (χ4n) is 5.02. The van der Waals surface area contributed by atoms with Gasteiger partial charge in [-0.25, -0.2) is 22.4 Å². The van der Waals surface area contributed by atoms with E-state index in [4.69, 9.17) is 4.74 Å². The third kappa shape index (κ3) is 5.97. The van der Waals surface area contributed by atoms with Gasteiger partial charge in [-0.1, -0.05) is 6.07 Å². The molecule has 2 aromatic carbocycles. The lowest BCUT2D eigenvalue weighted by Crippen LogP contribution is -2.60. The van der Waals surface area contributed by atoms with Gasteiger partial charge in [0.05, 0.1) is 17.7 Å². The Labute approximate surface area is 220 Å². The van der Waals surface area contributed by atoms with Crippen molar-refractivity contribution in [1.82, 2.24) is 9.80 Å². The maximum Gasteiger partial charge on any atom is 0.416 e. The largest absolute Gasteiger partial charge is 0.442 e. The van der Waals surface area contributed by atoms with Gasteiger partial charge in [-0.2, -0.15) is 26.3 Å². The standard InChI is InChI=1S/C25H20F10N2O3/c26-18-2-1-13(9-19(18)27)17-11-37(12-20(28)29)22(39)40-23(17)3-5-36(6-4-23)21(38)14-7-15(24(30,31)32)10-16(8-14)25(33,34)35/h1-2,7-10,17,20H,3-6,11-12H2/t17-/m1/s1. The topological polar surface area (TPSA) is 49.9 Å². The molecule has 218 valence electrons. The fourth-order valence-corrected chi connectivity index (χ4v) is 5.02. The van der Waals surface area contributed by atoms with Crippen LogP contribution in [0.15, 0.2) is 36.4 Å². The minimum Gasteiger partial charge on any atom is -0.442 e. The number of hydrogen-bond acceptors (Lipinski definition) is 3. The normalized spacial score (nSPS) is 19.8. The molecule has 1 atom stereocenters. The number of halogens is 10. The first-order chi connectivity index (χ1) is 18.5. The molecule has 0 saturated carbocycles. The van der Waals surface area contributed by atoms with Crippen LogP contribution in [0.25, 0.3) is 0 Å². The Morgan fingerprint density at radius 3 is 2.00 bits per heavy atom. The molecule has 0 unspecified atom stereocenters. The molecule has 2 fully saturated rings. The van der Waals surface area contributed by atoms with Gasteiger partial charge in [0.25, 0.3) is 12.3 Å². The molecule has 2 aliphatic heterocycles. The predicted octanol–water partition coefficient (Wildman–Crippen LogP) is 6.48. The molecule has 5 nitrogen and oxygen atoms in total. The van der Waals surface area contributed by atoms with Gasteiger partial charge in [0.15, 0.2) is 11.6 Å². The molecule has 2 saturated heterocycles. The molecule has 2 amide bonds. The van der Waals surface area contributed by atoms with Crippen LogP contribution in [0.4, 0.5) is 48.7 Å². The number of alkyl halides is 8. The lowest BCUT2D eigenvalue weighted by atomic mass is 9.74. The summed E-state index contributed by atoms with van der Waals surface area (Å²) in [4.78, 5) is 27.2. The minimum atomic E-state index is -5.17. The maximum absolute atomic E-state index is 14.0. The molecule has 1 spiro atoms. The van der Waals surface area contributed by atoms with Crippen molar-refractivity contribution in [3.63, 3.8) is 0 Å². The summed E-state index contributed by atoms with van der Waals surface area (Å²) < 4.78 is 139. The minimum absolute atomic E-state index is 0.109. The smallest absolute Gasteiger partial charge is 0.416 e. The average Bonchev–Trinajstić information content (AvgIpc) is 2.86. The first-order valence-electron chi connectivity index (χ1n) is 11.8. The maximum atomic E-state index is 14.0. The van der Waals surface area contributed by atoms with Crippen molar-refractivity contribution in [2.45, 2.75) is 43.1 Å². The van der Waals surface area contributed by atoms with Crippen molar-refractivity contribution in [3.8, 4) is 0 Å². The number of amides is 2. The van der Waals surface area contributed by atoms with E-state index in [-0.39, 0.29) is 44.1 Å². The first kappa shape index (κ1) is 29.5. The quantitative estimate of drug-likeness (QED) is 0.386. The lowest BCUT2D eigenvalue weighted by Gasteiger charge is -2.50. The summed E-state index contributed by atoms with van der Waals surface area (Å²) in [5, 5.41) is 0. The summed E-state index contributed by atoms with van der Waals surface area (Å²) in [6, 6.07) is 3.30. The van der Waals surface area contributed by atoms with Crippen LogP contribution < -0.4 is 0 Å². The predicted molar refractivity (Wildman–Crippen MR) is 117 cm³/mol. The zero-order valence-corrected chi connectivity index (χ0v) is 20.3. The van der Waals surface area contributed by atoms with Crippen molar-refractivity contribution < 1.29 is 58.2 Å². The Hall–Kier alpha value is -3.52. The number of likely N-dealkylation sites (tertiary alicyclic amines) is 1. The van der Waals surface area contributed by atoms with Crippen LogP contribution in [0.1, 0.15) is 45.8 Å². The van der Waals surface area contributed by atoms with E-state index in [0.717, 1.165) is 17.0 Å². The van der Waals surface area contributed by atoms with Crippen LogP contribution in [0.3, 0.4) is 0 Å². The molecule has 2 aliphatic rings. The van der Waals surface area contributed by atoms with Crippen LogP contribution in [0, 0.1) is 11.6 Å². The van der Waals surface area contributed by atoms with Crippen LogP contribution in [-0.4, -0.2) is 60.0 Å². The molecular formula is C25H20F10N2O3.